The zero-order valence-corrected chi connectivity index (χ0v) is 12.8. The van der Waals surface area contributed by atoms with Crippen molar-refractivity contribution < 1.29 is 14.6 Å². The molecule has 0 aromatic heterocycles. The zero-order chi connectivity index (χ0) is 15.0. The van der Waals surface area contributed by atoms with Crippen LogP contribution in [-0.2, 0) is 16.6 Å². The van der Waals surface area contributed by atoms with Gasteiger partial charge in [-0.2, -0.15) is 0 Å². The van der Waals surface area contributed by atoms with Gasteiger partial charge in [0.05, 0.1) is 13.0 Å². The van der Waals surface area contributed by atoms with Gasteiger partial charge in [-0.05, 0) is 29.9 Å². The molecule has 0 fully saturated rings. The van der Waals surface area contributed by atoms with E-state index in [1.807, 2.05) is 19.9 Å². The number of benzene rings is 1. The molecule has 110 valence electrons. The third kappa shape index (κ3) is 3.33. The molecule has 0 atom stereocenters. The van der Waals surface area contributed by atoms with Gasteiger partial charge in [0.2, 0.25) is 0 Å². The van der Waals surface area contributed by atoms with Crippen molar-refractivity contribution >= 4 is 5.97 Å². The molecule has 3 nitrogen and oxygen atoms in total. The van der Waals surface area contributed by atoms with Crippen LogP contribution >= 0.6 is 0 Å². The normalized spacial score (nSPS) is 16.6. The Balaban J connectivity index is 2.07. The topological polar surface area (TPSA) is 46.5 Å². The van der Waals surface area contributed by atoms with E-state index in [2.05, 4.69) is 26.0 Å². The highest BCUT2D eigenvalue weighted by Crippen LogP contribution is 2.39. The van der Waals surface area contributed by atoms with Crippen LogP contribution in [0.5, 0.6) is 5.75 Å². The Hall–Kier alpha value is -1.51. The van der Waals surface area contributed by atoms with E-state index in [9.17, 15) is 4.79 Å². The Labute approximate surface area is 121 Å². The van der Waals surface area contributed by atoms with Crippen LogP contribution in [0.25, 0.3) is 0 Å². The molecule has 1 N–H and O–H groups in total. The average molecular weight is 276 g/mol. The molecule has 1 aromatic carbocycles. The van der Waals surface area contributed by atoms with E-state index >= 15 is 0 Å². The average Bonchev–Trinajstić information content (AvgIpc) is 2.61. The quantitative estimate of drug-likeness (QED) is 0.890. The predicted octanol–water partition coefficient (Wildman–Crippen LogP) is 3.79. The van der Waals surface area contributed by atoms with Gasteiger partial charge in [-0.15, -0.1) is 0 Å². The molecule has 0 bridgehead atoms. The molecule has 0 saturated heterocycles. The SMILES string of the molecule is CC(C)(CCc1ccc2c(c1)C(C)(C)CO2)CC(=O)O. The molecule has 1 aliphatic heterocycles. The maximum atomic E-state index is 10.8. The van der Waals surface area contributed by atoms with Crippen molar-refractivity contribution in [3.8, 4) is 5.75 Å². The molecule has 0 spiro atoms. The molecule has 1 aliphatic rings. The number of carboxylic acids is 1. The fraction of sp³-hybridized carbons (Fsp3) is 0.588. The van der Waals surface area contributed by atoms with Gasteiger partial charge in [0, 0.05) is 11.0 Å². The molecule has 0 unspecified atom stereocenters. The molecule has 0 aliphatic carbocycles. The third-order valence-electron chi connectivity index (χ3n) is 4.08. The summed E-state index contributed by atoms with van der Waals surface area (Å²) in [5, 5.41) is 8.93. The van der Waals surface area contributed by atoms with E-state index in [-0.39, 0.29) is 17.3 Å². The van der Waals surface area contributed by atoms with Crippen molar-refractivity contribution in [1.82, 2.24) is 0 Å². The van der Waals surface area contributed by atoms with Gasteiger partial charge in [-0.25, -0.2) is 0 Å². The van der Waals surface area contributed by atoms with Gasteiger partial charge < -0.3 is 9.84 Å². The number of fused-ring (bicyclic) bond motifs is 1. The predicted molar refractivity (Wildman–Crippen MR) is 79.3 cm³/mol. The Bertz CT molecular complexity index is 515. The minimum Gasteiger partial charge on any atom is -0.492 e. The summed E-state index contributed by atoms with van der Waals surface area (Å²) in [6, 6.07) is 6.36. The van der Waals surface area contributed by atoms with Crippen LogP contribution in [0.15, 0.2) is 18.2 Å². The number of ether oxygens (including phenoxy) is 1. The van der Waals surface area contributed by atoms with Crippen molar-refractivity contribution in [2.45, 2.75) is 52.4 Å². The first-order valence-corrected chi connectivity index (χ1v) is 7.18. The monoisotopic (exact) mass is 276 g/mol. The number of hydrogen-bond donors (Lipinski definition) is 1. The van der Waals surface area contributed by atoms with Crippen molar-refractivity contribution in [2.24, 2.45) is 5.41 Å². The lowest BCUT2D eigenvalue weighted by Crippen LogP contribution is -2.19. The molecule has 0 amide bonds. The maximum absolute atomic E-state index is 10.8. The highest BCUT2D eigenvalue weighted by atomic mass is 16.5. The highest BCUT2D eigenvalue weighted by molar-refractivity contribution is 5.67. The molecule has 3 heteroatoms. The summed E-state index contributed by atoms with van der Waals surface area (Å²) in [7, 11) is 0. The highest BCUT2D eigenvalue weighted by Gasteiger charge is 2.31. The van der Waals surface area contributed by atoms with E-state index in [1.165, 1.54) is 11.1 Å². The van der Waals surface area contributed by atoms with Crippen LogP contribution in [0.2, 0.25) is 0 Å². The number of carboxylic acid groups (broad SMARTS) is 1. The van der Waals surface area contributed by atoms with Crippen molar-refractivity contribution in [2.75, 3.05) is 6.61 Å². The van der Waals surface area contributed by atoms with Crippen LogP contribution in [0.3, 0.4) is 0 Å². The summed E-state index contributed by atoms with van der Waals surface area (Å²) >= 11 is 0. The van der Waals surface area contributed by atoms with Crippen LogP contribution < -0.4 is 4.74 Å². The third-order valence-corrected chi connectivity index (χ3v) is 4.08. The van der Waals surface area contributed by atoms with E-state index in [0.717, 1.165) is 25.2 Å². The molecule has 20 heavy (non-hydrogen) atoms. The van der Waals surface area contributed by atoms with Gasteiger partial charge in [0.25, 0.3) is 0 Å². The van der Waals surface area contributed by atoms with E-state index in [1.54, 1.807) is 0 Å². The lowest BCUT2D eigenvalue weighted by Gasteiger charge is -2.22. The van der Waals surface area contributed by atoms with Crippen LogP contribution in [-0.4, -0.2) is 17.7 Å². The summed E-state index contributed by atoms with van der Waals surface area (Å²) in [6.45, 7) is 9.15. The Morgan fingerprint density at radius 2 is 2.10 bits per heavy atom. The first-order chi connectivity index (χ1) is 9.20. The number of aryl methyl sites for hydroxylation is 1. The van der Waals surface area contributed by atoms with E-state index < -0.39 is 5.97 Å². The summed E-state index contributed by atoms with van der Waals surface area (Å²) in [5.74, 6) is 0.266. The summed E-state index contributed by atoms with van der Waals surface area (Å²) in [5.41, 5.74) is 2.44. The smallest absolute Gasteiger partial charge is 0.303 e. The van der Waals surface area contributed by atoms with Gasteiger partial charge in [0.1, 0.15) is 5.75 Å². The van der Waals surface area contributed by atoms with E-state index in [4.69, 9.17) is 9.84 Å². The fourth-order valence-corrected chi connectivity index (χ4v) is 2.70. The summed E-state index contributed by atoms with van der Waals surface area (Å²) in [4.78, 5) is 10.8. The lowest BCUT2D eigenvalue weighted by molar-refractivity contribution is -0.139. The summed E-state index contributed by atoms with van der Waals surface area (Å²) < 4.78 is 5.69. The second-order valence-electron chi connectivity index (χ2n) is 7.24. The van der Waals surface area contributed by atoms with Crippen molar-refractivity contribution in [3.63, 3.8) is 0 Å². The minimum absolute atomic E-state index is 0.0714. The van der Waals surface area contributed by atoms with Crippen molar-refractivity contribution in [1.29, 1.82) is 0 Å². The maximum Gasteiger partial charge on any atom is 0.303 e. The van der Waals surface area contributed by atoms with Gasteiger partial charge in [-0.1, -0.05) is 39.8 Å². The first kappa shape index (κ1) is 14.9. The lowest BCUT2D eigenvalue weighted by atomic mass is 9.81. The molecular weight excluding hydrogens is 252 g/mol. The molecular formula is C17H24O3. The Morgan fingerprint density at radius 1 is 1.40 bits per heavy atom. The Kier molecular flexibility index (Phi) is 3.81. The fourth-order valence-electron chi connectivity index (χ4n) is 2.70. The number of hydrogen-bond acceptors (Lipinski definition) is 2. The van der Waals surface area contributed by atoms with Gasteiger partial charge in [-0.3, -0.25) is 4.79 Å². The molecule has 1 aromatic rings. The second kappa shape index (κ2) is 5.12. The minimum atomic E-state index is -0.724. The molecule has 1 heterocycles. The van der Waals surface area contributed by atoms with Crippen LogP contribution in [0.1, 0.15) is 51.7 Å². The van der Waals surface area contributed by atoms with E-state index in [0.29, 0.717) is 0 Å². The number of rotatable bonds is 5. The number of carbonyl (C=O) groups is 1. The number of aliphatic carboxylic acids is 1. The van der Waals surface area contributed by atoms with Crippen LogP contribution in [0.4, 0.5) is 0 Å². The zero-order valence-electron chi connectivity index (χ0n) is 12.8. The van der Waals surface area contributed by atoms with Crippen LogP contribution in [0, 0.1) is 5.41 Å². The Morgan fingerprint density at radius 3 is 2.75 bits per heavy atom. The van der Waals surface area contributed by atoms with Gasteiger partial charge in [0.15, 0.2) is 0 Å². The standard InChI is InChI=1S/C17H24O3/c1-16(2,10-15(18)19)8-7-12-5-6-14-13(9-12)17(3,4)11-20-14/h5-6,9H,7-8,10-11H2,1-4H3,(H,18,19). The first-order valence-electron chi connectivity index (χ1n) is 7.18. The second-order valence-corrected chi connectivity index (χ2v) is 7.24. The van der Waals surface area contributed by atoms with Gasteiger partial charge >= 0.3 is 5.97 Å². The molecule has 0 saturated carbocycles. The summed E-state index contributed by atoms with van der Waals surface area (Å²) in [6.07, 6.45) is 2.00. The molecule has 2 rings (SSSR count). The van der Waals surface area contributed by atoms with Crippen molar-refractivity contribution in [3.05, 3.63) is 29.3 Å². The largest absolute Gasteiger partial charge is 0.492 e. The molecule has 0 radical (unpaired) electrons.